The van der Waals surface area contributed by atoms with Crippen molar-refractivity contribution in [3.63, 3.8) is 0 Å². The van der Waals surface area contributed by atoms with Gasteiger partial charge in [-0.05, 0) is 57.8 Å². The minimum Gasteiger partial charge on any atom is -0.466 e. The number of amides is 1. The van der Waals surface area contributed by atoms with Crippen LogP contribution in [0.1, 0.15) is 418 Å². The zero-order valence-corrected chi connectivity index (χ0v) is 55.0. The fourth-order valence-electron chi connectivity index (χ4n) is 11.8. The summed E-state index contributed by atoms with van der Waals surface area (Å²) in [5.74, 6) is -0.0470. The van der Waals surface area contributed by atoms with Crippen LogP contribution in [-0.4, -0.2) is 47.4 Å². The second-order valence-electron chi connectivity index (χ2n) is 25.6. The van der Waals surface area contributed by atoms with Crippen LogP contribution in [0, 0.1) is 0 Å². The van der Waals surface area contributed by atoms with E-state index in [1.54, 1.807) is 6.08 Å². The second-order valence-corrected chi connectivity index (χ2v) is 25.6. The van der Waals surface area contributed by atoms with Gasteiger partial charge in [-0.3, -0.25) is 9.59 Å². The molecule has 1 amide bonds. The van der Waals surface area contributed by atoms with Gasteiger partial charge >= 0.3 is 5.97 Å². The first kappa shape index (κ1) is 79.3. The molecule has 0 rings (SSSR count). The van der Waals surface area contributed by atoms with E-state index in [0.717, 1.165) is 38.5 Å². The fourth-order valence-corrected chi connectivity index (χ4v) is 11.8. The molecule has 6 nitrogen and oxygen atoms in total. The lowest BCUT2D eigenvalue weighted by Crippen LogP contribution is -2.45. The molecular weight excluding hydrogens is 995 g/mol. The Balaban J connectivity index is 3.41. The third-order valence-corrected chi connectivity index (χ3v) is 17.5. The van der Waals surface area contributed by atoms with Gasteiger partial charge in [0.15, 0.2) is 0 Å². The monoisotopic (exact) mass is 1140 g/mol. The zero-order chi connectivity index (χ0) is 58.5. The first-order chi connectivity index (χ1) is 40.0. The highest BCUT2D eigenvalue weighted by atomic mass is 16.5. The van der Waals surface area contributed by atoms with Crippen molar-refractivity contribution >= 4 is 11.9 Å². The van der Waals surface area contributed by atoms with Crippen LogP contribution < -0.4 is 5.32 Å². The molecular formula is C75H145NO5. The van der Waals surface area contributed by atoms with Gasteiger partial charge in [0.05, 0.1) is 25.4 Å². The van der Waals surface area contributed by atoms with Crippen molar-refractivity contribution in [2.75, 3.05) is 13.2 Å². The third-order valence-electron chi connectivity index (χ3n) is 17.5. The number of carbonyl (C=O) groups is 2. The SMILES string of the molecule is CCCCCCCCCCCCCCCCCCCCCCCCC/C=C/C(O)C(CO)NC(=O)CCCCCCCCCCCCCC/C=C\CCCCCCCCCCCCCCOC(=O)CCCCCCCCCCCCC. The highest BCUT2D eigenvalue weighted by molar-refractivity contribution is 5.76. The van der Waals surface area contributed by atoms with Gasteiger partial charge < -0.3 is 20.3 Å². The summed E-state index contributed by atoms with van der Waals surface area (Å²) in [6.45, 7) is 4.94. The van der Waals surface area contributed by atoms with Gasteiger partial charge in [-0.15, -0.1) is 0 Å². The van der Waals surface area contributed by atoms with Crippen LogP contribution in [0.2, 0.25) is 0 Å². The van der Waals surface area contributed by atoms with Crippen molar-refractivity contribution in [1.29, 1.82) is 0 Å². The molecule has 0 fully saturated rings. The summed E-state index contributed by atoms with van der Waals surface area (Å²) in [4.78, 5) is 24.6. The molecule has 0 bridgehead atoms. The van der Waals surface area contributed by atoms with E-state index in [9.17, 15) is 19.8 Å². The molecule has 0 aliphatic carbocycles. The van der Waals surface area contributed by atoms with E-state index in [4.69, 9.17) is 4.74 Å². The predicted octanol–water partition coefficient (Wildman–Crippen LogP) is 24.1. The van der Waals surface area contributed by atoms with E-state index < -0.39 is 12.1 Å². The van der Waals surface area contributed by atoms with Crippen LogP contribution in [0.25, 0.3) is 0 Å². The Morgan fingerprint density at radius 2 is 0.580 bits per heavy atom. The lowest BCUT2D eigenvalue weighted by molar-refractivity contribution is -0.143. The van der Waals surface area contributed by atoms with Crippen molar-refractivity contribution in [3.05, 3.63) is 24.3 Å². The first-order valence-corrected chi connectivity index (χ1v) is 37.1. The number of carbonyl (C=O) groups excluding carboxylic acids is 2. The van der Waals surface area contributed by atoms with Crippen LogP contribution in [0.15, 0.2) is 24.3 Å². The highest BCUT2D eigenvalue weighted by Gasteiger charge is 2.18. The van der Waals surface area contributed by atoms with Gasteiger partial charge in [-0.25, -0.2) is 0 Å². The zero-order valence-electron chi connectivity index (χ0n) is 55.0. The van der Waals surface area contributed by atoms with Gasteiger partial charge in [-0.1, -0.05) is 372 Å². The van der Waals surface area contributed by atoms with Crippen molar-refractivity contribution in [2.24, 2.45) is 0 Å². The van der Waals surface area contributed by atoms with Gasteiger partial charge in [0, 0.05) is 12.8 Å². The lowest BCUT2D eigenvalue weighted by atomic mass is 10.0. The largest absolute Gasteiger partial charge is 0.466 e. The Bertz CT molecular complexity index is 1270. The van der Waals surface area contributed by atoms with Crippen LogP contribution in [-0.2, 0) is 14.3 Å². The van der Waals surface area contributed by atoms with Crippen LogP contribution >= 0.6 is 0 Å². The average Bonchev–Trinajstić information content (AvgIpc) is 3.47. The van der Waals surface area contributed by atoms with Crippen LogP contribution in [0.4, 0.5) is 0 Å². The molecule has 0 saturated carbocycles. The fraction of sp³-hybridized carbons (Fsp3) is 0.920. The Morgan fingerprint density at radius 1 is 0.333 bits per heavy atom. The topological polar surface area (TPSA) is 95.9 Å². The molecule has 0 saturated heterocycles. The van der Waals surface area contributed by atoms with Crippen LogP contribution in [0.5, 0.6) is 0 Å². The molecule has 0 aromatic carbocycles. The summed E-state index contributed by atoms with van der Waals surface area (Å²) in [6, 6.07) is -0.629. The van der Waals surface area contributed by atoms with Crippen molar-refractivity contribution in [2.45, 2.75) is 431 Å². The Labute approximate surface area is 507 Å². The molecule has 0 aliphatic rings. The number of ether oxygens (including phenoxy) is 1. The van der Waals surface area contributed by atoms with E-state index in [-0.39, 0.29) is 18.5 Å². The lowest BCUT2D eigenvalue weighted by Gasteiger charge is -2.20. The molecule has 0 aromatic heterocycles. The Kier molecular flexibility index (Phi) is 69.4. The van der Waals surface area contributed by atoms with E-state index in [1.807, 2.05) is 6.08 Å². The van der Waals surface area contributed by atoms with Crippen LogP contribution in [0.3, 0.4) is 0 Å². The standard InChI is InChI=1S/C75H145NO5/c1-3-5-7-9-11-13-15-16-17-18-19-20-21-26-29-32-35-38-41-44-48-51-55-59-63-67-73(78)72(71-77)76-74(79)68-64-60-56-52-49-45-42-39-36-33-30-27-24-22-23-25-28-31-34-37-40-43-46-50-54-58-62-66-70-81-75(80)69-65-61-57-53-47-14-12-10-8-6-4-2/h22-23,63,67,72-73,77-78H,3-21,24-62,64-66,68-71H2,1-2H3,(H,76,79)/b23-22-,67-63+. The molecule has 0 aliphatic heterocycles. The molecule has 0 radical (unpaired) electrons. The summed E-state index contributed by atoms with van der Waals surface area (Å²) >= 11 is 0. The third kappa shape index (κ3) is 67.3. The summed E-state index contributed by atoms with van der Waals surface area (Å²) in [5.41, 5.74) is 0. The van der Waals surface area contributed by atoms with Gasteiger partial charge in [0.1, 0.15) is 0 Å². The molecule has 0 aromatic rings. The quantitative estimate of drug-likeness (QED) is 0.0320. The van der Waals surface area contributed by atoms with E-state index in [1.165, 1.54) is 353 Å². The minimum atomic E-state index is -0.846. The van der Waals surface area contributed by atoms with Gasteiger partial charge in [-0.2, -0.15) is 0 Å². The molecule has 3 N–H and O–H groups in total. The van der Waals surface area contributed by atoms with E-state index in [2.05, 4.69) is 31.3 Å². The number of hydrogen-bond donors (Lipinski definition) is 3. The smallest absolute Gasteiger partial charge is 0.305 e. The normalized spacial score (nSPS) is 12.6. The first-order valence-electron chi connectivity index (χ1n) is 37.1. The Hall–Kier alpha value is -1.66. The number of rotatable bonds is 70. The molecule has 2 atom stereocenters. The van der Waals surface area contributed by atoms with Gasteiger partial charge in [0.2, 0.25) is 5.91 Å². The number of hydrogen-bond acceptors (Lipinski definition) is 5. The van der Waals surface area contributed by atoms with Gasteiger partial charge in [0.25, 0.3) is 0 Å². The summed E-state index contributed by atoms with van der Waals surface area (Å²) in [6.07, 6.45) is 89.9. The maximum Gasteiger partial charge on any atom is 0.305 e. The number of unbranched alkanes of at least 4 members (excludes halogenated alkanes) is 57. The number of allylic oxidation sites excluding steroid dienone is 3. The molecule has 6 heteroatoms. The number of nitrogens with one attached hydrogen (secondary N) is 1. The number of aliphatic hydroxyl groups excluding tert-OH is 2. The summed E-state index contributed by atoms with van der Waals surface area (Å²) in [5, 5.41) is 23.3. The average molecular weight is 1140 g/mol. The Morgan fingerprint density at radius 3 is 0.877 bits per heavy atom. The molecule has 0 heterocycles. The molecule has 0 spiro atoms. The second kappa shape index (κ2) is 70.8. The molecule has 480 valence electrons. The highest BCUT2D eigenvalue weighted by Crippen LogP contribution is 2.19. The molecule has 2 unspecified atom stereocenters. The molecule has 81 heavy (non-hydrogen) atoms. The van der Waals surface area contributed by atoms with Crippen molar-refractivity contribution in [1.82, 2.24) is 5.32 Å². The summed E-state index contributed by atoms with van der Waals surface area (Å²) < 4.78 is 5.48. The number of aliphatic hydroxyl groups is 2. The predicted molar refractivity (Wildman–Crippen MR) is 356 cm³/mol. The maximum absolute atomic E-state index is 12.5. The van der Waals surface area contributed by atoms with E-state index >= 15 is 0 Å². The van der Waals surface area contributed by atoms with Crippen molar-refractivity contribution < 1.29 is 24.5 Å². The maximum atomic E-state index is 12.5. The number of esters is 1. The summed E-state index contributed by atoms with van der Waals surface area (Å²) in [7, 11) is 0. The van der Waals surface area contributed by atoms with E-state index in [0.29, 0.717) is 19.4 Å². The van der Waals surface area contributed by atoms with Crippen molar-refractivity contribution in [3.8, 4) is 0 Å². The minimum absolute atomic E-state index is 0.0160.